The lowest BCUT2D eigenvalue weighted by molar-refractivity contribution is -0.147. The number of para-hydroxylation sites is 1. The minimum absolute atomic E-state index is 0.0781. The van der Waals surface area contributed by atoms with Crippen molar-refractivity contribution in [3.8, 4) is 5.75 Å². The Morgan fingerprint density at radius 1 is 1.38 bits per heavy atom. The fraction of sp³-hybridized carbons (Fsp3) is 0.500. The number of hydrogen-bond donors (Lipinski definition) is 2. The number of nitrogens with one attached hydrogen (secondary N) is 1. The van der Waals surface area contributed by atoms with Crippen LogP contribution in [0.15, 0.2) is 24.3 Å². The summed E-state index contributed by atoms with van der Waals surface area (Å²) in [6, 6.07) is 7.70. The Bertz CT molecular complexity index is 539. The lowest BCUT2D eigenvalue weighted by atomic mass is 9.89. The molecule has 1 unspecified atom stereocenters. The summed E-state index contributed by atoms with van der Waals surface area (Å²) in [5.41, 5.74) is 0.206. The standard InChI is InChI=1S/C16H21NO4/c1-16(2,15(19)20)7-8-17-14(18)12-9-11-5-3-4-6-13(11)21-10-12/h3-6,12H,7-10H2,1-2H3,(H,17,18)(H,19,20). The second-order valence-corrected chi connectivity index (χ2v) is 6.05. The molecule has 21 heavy (non-hydrogen) atoms. The average molecular weight is 291 g/mol. The highest BCUT2D eigenvalue weighted by atomic mass is 16.5. The Morgan fingerprint density at radius 2 is 2.10 bits per heavy atom. The number of fused-ring (bicyclic) bond motifs is 1. The minimum Gasteiger partial charge on any atom is -0.492 e. The third kappa shape index (κ3) is 3.74. The zero-order chi connectivity index (χ0) is 15.5. The Labute approximate surface area is 124 Å². The number of carbonyl (C=O) groups is 2. The van der Waals surface area contributed by atoms with Crippen LogP contribution in [0.25, 0.3) is 0 Å². The first kappa shape index (κ1) is 15.4. The lowest BCUT2D eigenvalue weighted by Gasteiger charge is -2.25. The first-order chi connectivity index (χ1) is 9.90. The molecule has 2 rings (SSSR count). The first-order valence-corrected chi connectivity index (χ1v) is 7.12. The Morgan fingerprint density at radius 3 is 2.81 bits per heavy atom. The molecule has 1 aliphatic heterocycles. The Balaban J connectivity index is 1.84. The summed E-state index contributed by atoms with van der Waals surface area (Å²) in [4.78, 5) is 23.1. The number of ether oxygens (including phenoxy) is 1. The molecule has 0 saturated heterocycles. The molecule has 0 saturated carbocycles. The molecule has 1 aliphatic rings. The molecule has 0 spiro atoms. The van der Waals surface area contributed by atoms with Gasteiger partial charge in [-0.2, -0.15) is 0 Å². The van der Waals surface area contributed by atoms with Gasteiger partial charge in [0.25, 0.3) is 0 Å². The van der Waals surface area contributed by atoms with Crippen molar-refractivity contribution in [3.63, 3.8) is 0 Å². The van der Waals surface area contributed by atoms with Crippen molar-refractivity contribution in [1.82, 2.24) is 5.32 Å². The largest absolute Gasteiger partial charge is 0.492 e. The second-order valence-electron chi connectivity index (χ2n) is 6.05. The van der Waals surface area contributed by atoms with Gasteiger partial charge in [0, 0.05) is 6.54 Å². The normalized spacial score (nSPS) is 17.5. The van der Waals surface area contributed by atoms with Gasteiger partial charge in [0.05, 0.1) is 11.3 Å². The molecule has 0 radical (unpaired) electrons. The number of carboxylic acids is 1. The maximum atomic E-state index is 12.1. The van der Waals surface area contributed by atoms with Crippen molar-refractivity contribution in [1.29, 1.82) is 0 Å². The summed E-state index contributed by atoms with van der Waals surface area (Å²) in [6.45, 7) is 4.03. The molecule has 0 fully saturated rings. The molecule has 5 nitrogen and oxygen atoms in total. The van der Waals surface area contributed by atoms with Crippen LogP contribution < -0.4 is 10.1 Å². The van der Waals surface area contributed by atoms with Gasteiger partial charge >= 0.3 is 5.97 Å². The molecule has 0 aromatic heterocycles. The van der Waals surface area contributed by atoms with Crippen LogP contribution in [0.4, 0.5) is 0 Å². The molecule has 1 aromatic rings. The van der Waals surface area contributed by atoms with Gasteiger partial charge in [-0.05, 0) is 38.3 Å². The van der Waals surface area contributed by atoms with E-state index in [1.54, 1.807) is 13.8 Å². The molecule has 0 bridgehead atoms. The van der Waals surface area contributed by atoms with E-state index in [2.05, 4.69) is 5.32 Å². The molecule has 1 heterocycles. The van der Waals surface area contributed by atoms with Gasteiger partial charge in [0.2, 0.25) is 5.91 Å². The van der Waals surface area contributed by atoms with Gasteiger partial charge in [0.15, 0.2) is 0 Å². The van der Waals surface area contributed by atoms with Crippen LogP contribution in [0.2, 0.25) is 0 Å². The number of benzene rings is 1. The smallest absolute Gasteiger partial charge is 0.309 e. The van der Waals surface area contributed by atoms with E-state index in [0.29, 0.717) is 26.0 Å². The van der Waals surface area contributed by atoms with Crippen LogP contribution in [0.5, 0.6) is 5.75 Å². The molecule has 5 heteroatoms. The number of amides is 1. The van der Waals surface area contributed by atoms with Gasteiger partial charge in [-0.3, -0.25) is 9.59 Å². The van der Waals surface area contributed by atoms with E-state index in [1.165, 1.54) is 0 Å². The highest BCUT2D eigenvalue weighted by Gasteiger charge is 2.28. The molecule has 1 amide bonds. The third-order valence-electron chi connectivity index (χ3n) is 3.88. The Hall–Kier alpha value is -2.04. The van der Waals surface area contributed by atoms with Gasteiger partial charge in [-0.1, -0.05) is 18.2 Å². The van der Waals surface area contributed by atoms with E-state index in [1.807, 2.05) is 24.3 Å². The van der Waals surface area contributed by atoms with Gasteiger partial charge in [0.1, 0.15) is 12.4 Å². The molecular weight excluding hydrogens is 270 g/mol. The maximum Gasteiger partial charge on any atom is 0.309 e. The predicted octanol–water partition coefficient (Wildman–Crippen LogP) is 1.85. The first-order valence-electron chi connectivity index (χ1n) is 7.12. The van der Waals surface area contributed by atoms with Crippen molar-refractivity contribution in [2.75, 3.05) is 13.2 Å². The van der Waals surface area contributed by atoms with Crippen molar-refractivity contribution < 1.29 is 19.4 Å². The van der Waals surface area contributed by atoms with Gasteiger partial charge < -0.3 is 15.2 Å². The summed E-state index contributed by atoms with van der Waals surface area (Å²) >= 11 is 0. The highest BCUT2D eigenvalue weighted by molar-refractivity contribution is 5.79. The van der Waals surface area contributed by atoms with Crippen molar-refractivity contribution in [2.24, 2.45) is 11.3 Å². The monoisotopic (exact) mass is 291 g/mol. The van der Waals surface area contributed by atoms with Crippen LogP contribution >= 0.6 is 0 Å². The van der Waals surface area contributed by atoms with Crippen LogP contribution in [0.3, 0.4) is 0 Å². The van der Waals surface area contributed by atoms with Crippen LogP contribution in [0, 0.1) is 11.3 Å². The number of carboxylic acid groups (broad SMARTS) is 1. The van der Waals surface area contributed by atoms with Gasteiger partial charge in [-0.15, -0.1) is 0 Å². The second kappa shape index (κ2) is 6.16. The third-order valence-corrected chi connectivity index (χ3v) is 3.88. The van der Waals surface area contributed by atoms with E-state index < -0.39 is 11.4 Å². The van der Waals surface area contributed by atoms with E-state index in [9.17, 15) is 9.59 Å². The average Bonchev–Trinajstić information content (AvgIpc) is 2.46. The molecule has 1 aromatic carbocycles. The molecular formula is C16H21NO4. The van der Waals surface area contributed by atoms with Crippen molar-refractivity contribution >= 4 is 11.9 Å². The quantitative estimate of drug-likeness (QED) is 0.868. The van der Waals surface area contributed by atoms with Crippen LogP contribution in [0.1, 0.15) is 25.8 Å². The SMILES string of the molecule is CC(C)(CCNC(=O)C1COc2ccccc2C1)C(=O)O. The number of aliphatic carboxylic acids is 1. The summed E-state index contributed by atoms with van der Waals surface area (Å²) in [6.07, 6.45) is 1.06. The summed E-state index contributed by atoms with van der Waals surface area (Å²) in [7, 11) is 0. The molecule has 0 aliphatic carbocycles. The van der Waals surface area contributed by atoms with E-state index in [-0.39, 0.29) is 11.8 Å². The van der Waals surface area contributed by atoms with Gasteiger partial charge in [-0.25, -0.2) is 0 Å². The zero-order valence-electron chi connectivity index (χ0n) is 12.4. The summed E-state index contributed by atoms with van der Waals surface area (Å²) in [5, 5.41) is 11.8. The number of carbonyl (C=O) groups excluding carboxylic acids is 1. The van der Waals surface area contributed by atoms with Crippen molar-refractivity contribution in [3.05, 3.63) is 29.8 Å². The summed E-state index contributed by atoms with van der Waals surface area (Å²) in [5.74, 6) is -0.307. The van der Waals surface area contributed by atoms with Crippen LogP contribution in [-0.2, 0) is 16.0 Å². The zero-order valence-corrected chi connectivity index (χ0v) is 12.4. The highest BCUT2D eigenvalue weighted by Crippen LogP contribution is 2.27. The fourth-order valence-corrected chi connectivity index (χ4v) is 2.25. The molecule has 1 atom stereocenters. The van der Waals surface area contributed by atoms with E-state index >= 15 is 0 Å². The predicted molar refractivity (Wildman–Crippen MR) is 78.2 cm³/mol. The van der Waals surface area contributed by atoms with Crippen LogP contribution in [-0.4, -0.2) is 30.1 Å². The fourth-order valence-electron chi connectivity index (χ4n) is 2.25. The minimum atomic E-state index is -0.855. The van der Waals surface area contributed by atoms with E-state index in [4.69, 9.17) is 9.84 Å². The Kier molecular flexibility index (Phi) is 4.50. The molecule has 2 N–H and O–H groups in total. The topological polar surface area (TPSA) is 75.6 Å². The lowest BCUT2D eigenvalue weighted by Crippen LogP contribution is -2.39. The van der Waals surface area contributed by atoms with Crippen molar-refractivity contribution in [2.45, 2.75) is 26.7 Å². The molecule has 114 valence electrons. The maximum absolute atomic E-state index is 12.1. The number of hydrogen-bond acceptors (Lipinski definition) is 3. The number of rotatable bonds is 5. The summed E-state index contributed by atoms with van der Waals surface area (Å²) < 4.78 is 5.59. The van der Waals surface area contributed by atoms with E-state index in [0.717, 1.165) is 11.3 Å².